The van der Waals surface area contributed by atoms with Crippen LogP contribution < -0.4 is 10.1 Å². The fraction of sp³-hybridized carbons (Fsp3) is 0.444. The summed E-state index contributed by atoms with van der Waals surface area (Å²) in [5.74, 6) is 0.0394. The monoisotopic (exact) mass is 483 g/mol. The van der Waals surface area contributed by atoms with Crippen molar-refractivity contribution in [1.82, 2.24) is 5.32 Å². The fourth-order valence-electron chi connectivity index (χ4n) is 4.43. The van der Waals surface area contributed by atoms with Gasteiger partial charge in [-0.15, -0.1) is 0 Å². The minimum Gasteiger partial charge on any atom is -0.490 e. The second-order valence-corrected chi connectivity index (χ2v) is 9.65. The van der Waals surface area contributed by atoms with E-state index in [-0.39, 0.29) is 23.7 Å². The predicted molar refractivity (Wildman–Crippen MR) is 130 cm³/mol. The molecule has 6 nitrogen and oxygen atoms in total. The van der Waals surface area contributed by atoms with Crippen molar-refractivity contribution in [2.24, 2.45) is 5.92 Å². The lowest BCUT2D eigenvalue weighted by Crippen LogP contribution is -2.27. The number of carbonyl (C=O) groups is 3. The molecular weight excluding hydrogens is 454 g/mol. The molecule has 0 aliphatic heterocycles. The highest BCUT2D eigenvalue weighted by molar-refractivity contribution is 6.31. The van der Waals surface area contributed by atoms with Gasteiger partial charge in [0.05, 0.1) is 12.0 Å². The lowest BCUT2D eigenvalue weighted by Gasteiger charge is -2.26. The molecule has 0 aromatic heterocycles. The van der Waals surface area contributed by atoms with Crippen LogP contribution in [0.25, 0.3) is 0 Å². The number of ether oxygens (including phenoxy) is 1. The van der Waals surface area contributed by atoms with Gasteiger partial charge >= 0.3 is 5.97 Å². The van der Waals surface area contributed by atoms with Gasteiger partial charge in [-0.05, 0) is 98.9 Å². The van der Waals surface area contributed by atoms with Gasteiger partial charge in [-0.25, -0.2) is 0 Å². The topological polar surface area (TPSA) is 92.7 Å². The lowest BCUT2D eigenvalue weighted by molar-refractivity contribution is -0.143. The van der Waals surface area contributed by atoms with Crippen LogP contribution in [0.4, 0.5) is 0 Å². The van der Waals surface area contributed by atoms with Crippen molar-refractivity contribution in [3.63, 3.8) is 0 Å². The number of carbonyl (C=O) groups excluding carboxylic acids is 2. The van der Waals surface area contributed by atoms with E-state index in [0.717, 1.165) is 31.2 Å². The predicted octanol–water partition coefficient (Wildman–Crippen LogP) is 5.63. The molecule has 0 bridgehead atoms. The summed E-state index contributed by atoms with van der Waals surface area (Å²) in [6.07, 6.45) is 5.86. The van der Waals surface area contributed by atoms with Crippen LogP contribution in [0.1, 0.15) is 83.6 Å². The van der Waals surface area contributed by atoms with Crippen molar-refractivity contribution >= 4 is 29.3 Å². The first-order valence-corrected chi connectivity index (χ1v) is 12.4. The van der Waals surface area contributed by atoms with Gasteiger partial charge in [0.25, 0.3) is 5.91 Å². The van der Waals surface area contributed by atoms with Crippen LogP contribution >= 0.6 is 11.6 Å². The highest BCUT2D eigenvalue weighted by Gasteiger charge is 2.27. The Bertz CT molecular complexity index is 1040. The van der Waals surface area contributed by atoms with Gasteiger partial charge in [-0.3, -0.25) is 14.4 Å². The highest BCUT2D eigenvalue weighted by atomic mass is 35.5. The molecule has 2 fully saturated rings. The Labute approximate surface area is 204 Å². The molecule has 2 saturated carbocycles. The highest BCUT2D eigenvalue weighted by Crippen LogP contribution is 2.43. The molecule has 0 heterocycles. The second-order valence-electron chi connectivity index (χ2n) is 9.25. The van der Waals surface area contributed by atoms with Crippen LogP contribution in [0.15, 0.2) is 42.5 Å². The number of benzene rings is 2. The summed E-state index contributed by atoms with van der Waals surface area (Å²) in [7, 11) is 0. The third-order valence-electron chi connectivity index (χ3n) is 6.64. The van der Waals surface area contributed by atoms with Crippen molar-refractivity contribution < 1.29 is 24.2 Å². The van der Waals surface area contributed by atoms with Crippen LogP contribution in [0.2, 0.25) is 5.02 Å². The smallest absolute Gasteiger partial charge is 0.306 e. The Balaban J connectivity index is 1.18. The average molecular weight is 484 g/mol. The van der Waals surface area contributed by atoms with E-state index in [9.17, 15) is 14.4 Å². The summed E-state index contributed by atoms with van der Waals surface area (Å²) in [5.41, 5.74) is 2.26. The van der Waals surface area contributed by atoms with Crippen LogP contribution in [-0.2, 0) is 4.79 Å². The minimum absolute atomic E-state index is 0.0155. The van der Waals surface area contributed by atoms with Crippen LogP contribution in [0.3, 0.4) is 0 Å². The van der Waals surface area contributed by atoms with Gasteiger partial charge in [0, 0.05) is 29.1 Å². The standard InChI is InChI=1S/C27H30ClNO5/c28-24-14-9-20(16-23(24)17-3-4-17)26(31)29-15-1-2-25(30)18-5-10-21(11-6-18)34-22-12-7-19(8-13-22)27(32)33/h5-6,9-11,14,16-17,19,22H,1-4,7-8,12-13,15H2,(H,29,31)(H,32,33). The third kappa shape index (κ3) is 6.38. The van der Waals surface area contributed by atoms with E-state index >= 15 is 0 Å². The number of amides is 1. The molecule has 2 aromatic rings. The van der Waals surface area contributed by atoms with Gasteiger partial charge in [-0.1, -0.05) is 11.6 Å². The first kappa shape index (κ1) is 24.3. The van der Waals surface area contributed by atoms with E-state index in [4.69, 9.17) is 21.4 Å². The number of halogens is 1. The number of hydrogen-bond donors (Lipinski definition) is 2. The van der Waals surface area contributed by atoms with E-state index in [0.29, 0.717) is 60.0 Å². The fourth-order valence-corrected chi connectivity index (χ4v) is 4.70. The summed E-state index contributed by atoms with van der Waals surface area (Å²) in [6.45, 7) is 0.423. The second kappa shape index (κ2) is 11.0. The molecule has 1 amide bonds. The third-order valence-corrected chi connectivity index (χ3v) is 6.99. The summed E-state index contributed by atoms with van der Waals surface area (Å²) < 4.78 is 5.96. The van der Waals surface area contributed by atoms with Crippen LogP contribution in [-0.4, -0.2) is 35.4 Å². The van der Waals surface area contributed by atoms with E-state index in [1.54, 1.807) is 36.4 Å². The molecule has 0 atom stereocenters. The Morgan fingerprint density at radius 3 is 2.26 bits per heavy atom. The van der Waals surface area contributed by atoms with E-state index in [1.807, 2.05) is 6.07 Å². The largest absolute Gasteiger partial charge is 0.490 e. The van der Waals surface area contributed by atoms with Crippen molar-refractivity contribution in [3.05, 3.63) is 64.2 Å². The number of rotatable bonds is 10. The maximum atomic E-state index is 12.5. The maximum Gasteiger partial charge on any atom is 0.306 e. The average Bonchev–Trinajstić information content (AvgIpc) is 3.68. The summed E-state index contributed by atoms with van der Waals surface area (Å²) in [5, 5.41) is 12.7. The van der Waals surface area contributed by atoms with Gasteiger partial charge in [-0.2, -0.15) is 0 Å². The summed E-state index contributed by atoms with van der Waals surface area (Å²) in [4.78, 5) is 36.0. The number of carboxylic acid groups (broad SMARTS) is 1. The van der Waals surface area contributed by atoms with Crippen molar-refractivity contribution in [1.29, 1.82) is 0 Å². The zero-order valence-electron chi connectivity index (χ0n) is 19.1. The van der Waals surface area contributed by atoms with Crippen LogP contribution in [0, 0.1) is 5.92 Å². The SMILES string of the molecule is O=C(CCCNC(=O)c1ccc(Cl)c(C2CC2)c1)c1ccc(OC2CCC(C(=O)O)CC2)cc1. The Morgan fingerprint density at radius 1 is 0.941 bits per heavy atom. The van der Waals surface area contributed by atoms with Gasteiger partial charge in [0.15, 0.2) is 5.78 Å². The molecule has 0 spiro atoms. The lowest BCUT2D eigenvalue weighted by atomic mass is 9.87. The number of carboxylic acids is 1. The Morgan fingerprint density at radius 2 is 1.62 bits per heavy atom. The molecule has 2 N–H and O–H groups in total. The molecule has 2 aromatic carbocycles. The Hall–Kier alpha value is -2.86. The number of aliphatic carboxylic acids is 1. The number of nitrogens with one attached hydrogen (secondary N) is 1. The molecule has 0 saturated heterocycles. The normalized spacial score (nSPS) is 19.9. The number of hydrogen-bond acceptors (Lipinski definition) is 4. The van der Waals surface area contributed by atoms with Gasteiger partial charge in [0.2, 0.25) is 0 Å². The van der Waals surface area contributed by atoms with E-state index < -0.39 is 5.97 Å². The molecular formula is C27H30ClNO5. The zero-order valence-corrected chi connectivity index (χ0v) is 19.9. The molecule has 7 heteroatoms. The minimum atomic E-state index is -0.728. The van der Waals surface area contributed by atoms with Gasteiger partial charge < -0.3 is 15.2 Å². The molecule has 0 unspecified atom stereocenters. The summed E-state index contributed by atoms with van der Waals surface area (Å²) >= 11 is 6.23. The van der Waals surface area contributed by atoms with E-state index in [2.05, 4.69) is 5.32 Å². The molecule has 2 aliphatic carbocycles. The number of ketones is 1. The van der Waals surface area contributed by atoms with Crippen molar-refractivity contribution in [3.8, 4) is 5.75 Å². The van der Waals surface area contributed by atoms with Crippen molar-refractivity contribution in [2.45, 2.75) is 63.4 Å². The van der Waals surface area contributed by atoms with Crippen LogP contribution in [0.5, 0.6) is 5.75 Å². The maximum absolute atomic E-state index is 12.5. The zero-order chi connectivity index (χ0) is 24.1. The molecule has 2 aliphatic rings. The molecule has 34 heavy (non-hydrogen) atoms. The molecule has 4 rings (SSSR count). The Kier molecular flexibility index (Phi) is 7.88. The molecule has 180 valence electrons. The summed E-state index contributed by atoms with van der Waals surface area (Å²) in [6, 6.07) is 12.5. The number of Topliss-reactive ketones (excluding diaryl/α,β-unsaturated/α-hetero) is 1. The first-order chi connectivity index (χ1) is 16.4. The van der Waals surface area contributed by atoms with Gasteiger partial charge in [0.1, 0.15) is 5.75 Å². The van der Waals surface area contributed by atoms with E-state index in [1.165, 1.54) is 0 Å². The molecule has 0 radical (unpaired) electrons. The van der Waals surface area contributed by atoms with Crippen molar-refractivity contribution in [2.75, 3.05) is 6.54 Å². The first-order valence-electron chi connectivity index (χ1n) is 12.0. The quantitative estimate of drug-likeness (QED) is 0.337.